The van der Waals surface area contributed by atoms with E-state index in [9.17, 15) is 5.11 Å². The van der Waals surface area contributed by atoms with Crippen molar-refractivity contribution in [3.8, 4) is 5.75 Å². The number of aliphatic hydroxyl groups excluding tert-OH is 1. The van der Waals surface area contributed by atoms with Gasteiger partial charge in [0, 0.05) is 17.5 Å². The van der Waals surface area contributed by atoms with Gasteiger partial charge < -0.3 is 9.84 Å². The lowest BCUT2D eigenvalue weighted by molar-refractivity contribution is 0.0940. The fraction of sp³-hybridized carbons (Fsp3) is 0.600. The van der Waals surface area contributed by atoms with Gasteiger partial charge in [-0.25, -0.2) is 0 Å². The lowest BCUT2D eigenvalue weighted by Gasteiger charge is -2.32. The molecule has 2 rings (SSSR count). The van der Waals surface area contributed by atoms with Crippen LogP contribution < -0.4 is 4.74 Å². The molecular weight excluding hydrogens is 292 g/mol. The Hall–Kier alpha value is -0.540. The number of hydrogen-bond donors (Lipinski definition) is 1. The van der Waals surface area contributed by atoms with E-state index in [2.05, 4.69) is 48.8 Å². The lowest BCUT2D eigenvalue weighted by Crippen LogP contribution is -2.30. The van der Waals surface area contributed by atoms with Gasteiger partial charge in [-0.15, -0.1) is 0 Å². The third-order valence-corrected chi connectivity index (χ3v) is 4.63. The maximum absolute atomic E-state index is 9.68. The van der Waals surface area contributed by atoms with E-state index in [0.29, 0.717) is 5.92 Å². The first kappa shape index (κ1) is 13.9. The van der Waals surface area contributed by atoms with E-state index in [1.165, 1.54) is 11.1 Å². The van der Waals surface area contributed by atoms with Crippen LogP contribution in [0.1, 0.15) is 31.9 Å². The van der Waals surface area contributed by atoms with Gasteiger partial charge in [-0.3, -0.25) is 0 Å². The molecule has 0 radical (unpaired) electrons. The predicted molar refractivity (Wildman–Crippen MR) is 77.1 cm³/mol. The summed E-state index contributed by atoms with van der Waals surface area (Å²) < 4.78 is 6.85. The summed E-state index contributed by atoms with van der Waals surface area (Å²) in [6.45, 7) is 7.44. The smallest absolute Gasteiger partial charge is 0.125 e. The summed E-state index contributed by atoms with van der Waals surface area (Å²) >= 11 is 3.56. The maximum Gasteiger partial charge on any atom is 0.125 e. The monoisotopic (exact) mass is 312 g/mol. The third-order valence-electron chi connectivity index (χ3n) is 4.17. The van der Waals surface area contributed by atoms with Crippen molar-refractivity contribution in [2.75, 3.05) is 13.2 Å². The highest BCUT2D eigenvalue weighted by atomic mass is 79.9. The second-order valence-electron chi connectivity index (χ2n) is 5.80. The van der Waals surface area contributed by atoms with Crippen LogP contribution in [-0.4, -0.2) is 18.3 Å². The normalized spacial score (nSPS) is 17.4. The fourth-order valence-electron chi connectivity index (χ4n) is 2.36. The zero-order valence-electron chi connectivity index (χ0n) is 11.3. The van der Waals surface area contributed by atoms with Crippen LogP contribution in [0.2, 0.25) is 0 Å². The average molecular weight is 313 g/mol. The summed E-state index contributed by atoms with van der Waals surface area (Å²) in [6.07, 6.45) is 1.84. The van der Waals surface area contributed by atoms with E-state index in [4.69, 9.17) is 4.74 Å². The zero-order valence-corrected chi connectivity index (χ0v) is 12.9. The molecular formula is C15H21BrO2. The van der Waals surface area contributed by atoms with Crippen LogP contribution in [0, 0.1) is 11.3 Å². The van der Waals surface area contributed by atoms with Crippen molar-refractivity contribution < 1.29 is 9.84 Å². The Morgan fingerprint density at radius 3 is 2.78 bits per heavy atom. The molecule has 1 aliphatic heterocycles. The molecule has 0 amide bonds. The summed E-state index contributed by atoms with van der Waals surface area (Å²) in [5, 5.41) is 9.68. The highest BCUT2D eigenvalue weighted by Crippen LogP contribution is 2.39. The summed E-state index contributed by atoms with van der Waals surface area (Å²) in [5.74, 6) is 1.47. The Labute approximate surface area is 117 Å². The van der Waals surface area contributed by atoms with Crippen LogP contribution in [0.15, 0.2) is 16.6 Å². The van der Waals surface area contributed by atoms with Gasteiger partial charge in [-0.1, -0.05) is 36.7 Å². The largest absolute Gasteiger partial charge is 0.493 e. The van der Waals surface area contributed by atoms with Gasteiger partial charge in [0.25, 0.3) is 0 Å². The zero-order chi connectivity index (χ0) is 13.3. The Morgan fingerprint density at radius 1 is 1.44 bits per heavy atom. The minimum atomic E-state index is -0.0967. The van der Waals surface area contributed by atoms with Crippen LogP contribution in [-0.2, 0) is 12.8 Å². The summed E-state index contributed by atoms with van der Waals surface area (Å²) in [5.41, 5.74) is 2.39. The molecule has 3 heteroatoms. The van der Waals surface area contributed by atoms with Crippen LogP contribution in [0.25, 0.3) is 0 Å². The van der Waals surface area contributed by atoms with Crippen LogP contribution in [0.3, 0.4) is 0 Å². The quantitative estimate of drug-likeness (QED) is 0.920. The van der Waals surface area contributed by atoms with Gasteiger partial charge in [0.05, 0.1) is 6.61 Å². The first-order valence-electron chi connectivity index (χ1n) is 6.51. The minimum Gasteiger partial charge on any atom is -0.493 e. The molecule has 18 heavy (non-hydrogen) atoms. The van der Waals surface area contributed by atoms with Gasteiger partial charge in [0.15, 0.2) is 0 Å². The van der Waals surface area contributed by atoms with Crippen molar-refractivity contribution in [1.82, 2.24) is 0 Å². The summed E-state index contributed by atoms with van der Waals surface area (Å²) in [6, 6.07) is 4.26. The molecule has 1 heterocycles. The molecule has 0 aliphatic carbocycles. The first-order valence-corrected chi connectivity index (χ1v) is 7.30. The van der Waals surface area contributed by atoms with Crippen molar-refractivity contribution in [1.29, 1.82) is 0 Å². The molecule has 1 aromatic rings. The second kappa shape index (κ2) is 5.22. The molecule has 1 unspecified atom stereocenters. The van der Waals surface area contributed by atoms with Crippen molar-refractivity contribution in [2.24, 2.45) is 11.3 Å². The van der Waals surface area contributed by atoms with Crippen LogP contribution in [0.4, 0.5) is 0 Å². The second-order valence-corrected chi connectivity index (χ2v) is 6.71. The lowest BCUT2D eigenvalue weighted by atomic mass is 9.75. The minimum absolute atomic E-state index is 0.0967. The fourth-order valence-corrected chi connectivity index (χ4v) is 2.91. The maximum atomic E-state index is 9.68. The number of hydrogen-bond acceptors (Lipinski definition) is 2. The summed E-state index contributed by atoms with van der Waals surface area (Å²) in [7, 11) is 0. The van der Waals surface area contributed by atoms with E-state index < -0.39 is 0 Å². The molecule has 0 spiro atoms. The predicted octanol–water partition coefficient (Wildman–Crippen LogP) is 3.58. The number of rotatable bonds is 4. The molecule has 0 bridgehead atoms. The van der Waals surface area contributed by atoms with Crippen molar-refractivity contribution in [2.45, 2.75) is 33.6 Å². The Morgan fingerprint density at radius 2 is 2.17 bits per heavy atom. The van der Waals surface area contributed by atoms with Crippen LogP contribution in [0.5, 0.6) is 5.75 Å². The van der Waals surface area contributed by atoms with Gasteiger partial charge in [-0.05, 0) is 41.0 Å². The van der Waals surface area contributed by atoms with E-state index in [0.717, 1.165) is 29.7 Å². The van der Waals surface area contributed by atoms with Gasteiger partial charge in [0.1, 0.15) is 5.75 Å². The van der Waals surface area contributed by atoms with Gasteiger partial charge in [0.2, 0.25) is 0 Å². The molecule has 0 saturated heterocycles. The average Bonchev–Trinajstić information content (AvgIpc) is 2.76. The third kappa shape index (κ3) is 2.57. The van der Waals surface area contributed by atoms with Crippen molar-refractivity contribution in [3.05, 3.63) is 27.7 Å². The Balaban J connectivity index is 2.35. The number of fused-ring (bicyclic) bond motifs is 1. The number of aliphatic hydroxyl groups is 1. The number of halogens is 1. The molecule has 1 aromatic carbocycles. The molecule has 2 nitrogen and oxygen atoms in total. The summed E-state index contributed by atoms with van der Waals surface area (Å²) in [4.78, 5) is 0. The van der Waals surface area contributed by atoms with Gasteiger partial charge in [-0.2, -0.15) is 0 Å². The van der Waals surface area contributed by atoms with E-state index in [-0.39, 0.29) is 12.0 Å². The van der Waals surface area contributed by atoms with E-state index in [1.54, 1.807) is 0 Å². The Kier molecular flexibility index (Phi) is 4.02. The SMILES string of the molecule is CC(C)C(C)(CO)Cc1cc(Br)cc2c1OCC2. The topological polar surface area (TPSA) is 29.5 Å². The molecule has 1 atom stereocenters. The molecule has 0 aromatic heterocycles. The molecule has 0 saturated carbocycles. The highest BCUT2D eigenvalue weighted by molar-refractivity contribution is 9.10. The van der Waals surface area contributed by atoms with Crippen molar-refractivity contribution in [3.63, 3.8) is 0 Å². The standard InChI is InChI=1S/C15H21BrO2/c1-10(2)15(3,9-17)8-12-7-13(16)6-11-4-5-18-14(11)12/h6-7,10,17H,4-5,8-9H2,1-3H3. The molecule has 100 valence electrons. The number of benzene rings is 1. The van der Waals surface area contributed by atoms with E-state index >= 15 is 0 Å². The van der Waals surface area contributed by atoms with Crippen LogP contribution >= 0.6 is 15.9 Å². The first-order chi connectivity index (χ1) is 8.46. The Bertz CT molecular complexity index is 442. The number of ether oxygens (including phenoxy) is 1. The molecule has 1 N–H and O–H groups in total. The highest BCUT2D eigenvalue weighted by Gasteiger charge is 2.30. The molecule has 1 aliphatic rings. The van der Waals surface area contributed by atoms with Crippen molar-refractivity contribution >= 4 is 15.9 Å². The molecule has 0 fully saturated rings. The van der Waals surface area contributed by atoms with Gasteiger partial charge >= 0.3 is 0 Å². The van der Waals surface area contributed by atoms with E-state index in [1.807, 2.05) is 0 Å².